The number of benzene rings is 2. The van der Waals surface area contributed by atoms with Crippen LogP contribution in [0.4, 0.5) is 0 Å². The fourth-order valence-electron chi connectivity index (χ4n) is 2.13. The third-order valence-electron chi connectivity index (χ3n) is 3.36. The maximum atomic E-state index is 12.5. The molecule has 112 valence electrons. The molecule has 2 aromatic carbocycles. The summed E-state index contributed by atoms with van der Waals surface area (Å²) in [6.07, 6.45) is 0. The van der Waals surface area contributed by atoms with Crippen LogP contribution in [0.1, 0.15) is 10.4 Å². The number of aromatic nitrogens is 1. The molecule has 5 heteroatoms. The molecule has 0 atom stereocenters. The van der Waals surface area contributed by atoms with Gasteiger partial charge in [-0.3, -0.25) is 4.79 Å². The van der Waals surface area contributed by atoms with Crippen molar-refractivity contribution in [2.24, 2.45) is 0 Å². The fourth-order valence-corrected chi connectivity index (χ4v) is 3.79. The lowest BCUT2D eigenvalue weighted by Gasteiger charge is -2.17. The van der Waals surface area contributed by atoms with E-state index in [1.54, 1.807) is 33.5 Å². The zero-order chi connectivity index (χ0) is 15.4. The highest BCUT2D eigenvalue weighted by Gasteiger charge is 2.12. The first-order valence-electron chi connectivity index (χ1n) is 7.00. The van der Waals surface area contributed by atoms with Gasteiger partial charge >= 0.3 is 0 Å². The molecule has 0 radical (unpaired) electrons. The molecule has 0 spiro atoms. The molecule has 3 nitrogen and oxygen atoms in total. The van der Waals surface area contributed by atoms with E-state index in [4.69, 9.17) is 0 Å². The molecule has 0 N–H and O–H groups in total. The largest absolute Gasteiger partial charge is 0.341 e. The van der Waals surface area contributed by atoms with E-state index in [2.05, 4.69) is 17.1 Å². The number of thioether (sulfide) groups is 1. The molecule has 0 aliphatic rings. The van der Waals surface area contributed by atoms with Gasteiger partial charge in [0.05, 0.1) is 15.7 Å². The Morgan fingerprint density at radius 3 is 2.86 bits per heavy atom. The van der Waals surface area contributed by atoms with Crippen molar-refractivity contribution in [1.82, 2.24) is 9.88 Å². The monoisotopic (exact) mass is 328 g/mol. The topological polar surface area (TPSA) is 33.2 Å². The van der Waals surface area contributed by atoms with E-state index in [1.165, 1.54) is 4.90 Å². The number of hydrogen-bond donors (Lipinski definition) is 0. The van der Waals surface area contributed by atoms with Gasteiger partial charge in [-0.25, -0.2) is 4.98 Å². The standard InChI is InChI=1S/C17H16N2OS2/c1-19(9-10-21-14-5-3-2-4-6-14)17(20)13-7-8-15-16(11-13)22-12-18-15/h2-8,11-12H,9-10H2,1H3. The van der Waals surface area contributed by atoms with E-state index in [-0.39, 0.29) is 5.91 Å². The van der Waals surface area contributed by atoms with Crippen LogP contribution in [0, 0.1) is 0 Å². The molecule has 0 aliphatic heterocycles. The number of hydrogen-bond acceptors (Lipinski definition) is 4. The van der Waals surface area contributed by atoms with Crippen LogP contribution in [0.3, 0.4) is 0 Å². The Labute approximate surface area is 138 Å². The summed E-state index contributed by atoms with van der Waals surface area (Å²) in [4.78, 5) is 19.7. The van der Waals surface area contributed by atoms with Crippen molar-refractivity contribution in [2.75, 3.05) is 19.3 Å². The molecule has 0 saturated heterocycles. The molecule has 3 rings (SSSR count). The van der Waals surface area contributed by atoms with E-state index in [9.17, 15) is 4.79 Å². The molecule has 0 saturated carbocycles. The molecular formula is C17H16N2OS2. The van der Waals surface area contributed by atoms with Crippen molar-refractivity contribution in [3.8, 4) is 0 Å². The molecule has 0 aliphatic carbocycles. The Bertz CT molecular complexity index is 770. The molecule has 1 heterocycles. The second kappa shape index (κ2) is 6.94. The minimum absolute atomic E-state index is 0.0592. The van der Waals surface area contributed by atoms with Crippen LogP contribution in [-0.2, 0) is 0 Å². The second-order valence-electron chi connectivity index (χ2n) is 4.92. The quantitative estimate of drug-likeness (QED) is 0.659. The van der Waals surface area contributed by atoms with Crippen LogP contribution in [0.5, 0.6) is 0 Å². The van der Waals surface area contributed by atoms with Crippen molar-refractivity contribution in [3.05, 3.63) is 59.6 Å². The number of fused-ring (bicyclic) bond motifs is 1. The highest BCUT2D eigenvalue weighted by molar-refractivity contribution is 7.99. The average molecular weight is 328 g/mol. The van der Waals surface area contributed by atoms with Crippen LogP contribution in [0.25, 0.3) is 10.2 Å². The van der Waals surface area contributed by atoms with Crippen LogP contribution in [0.15, 0.2) is 58.9 Å². The third-order valence-corrected chi connectivity index (χ3v) is 5.15. The Kier molecular flexibility index (Phi) is 4.75. The van der Waals surface area contributed by atoms with Crippen LogP contribution in [0.2, 0.25) is 0 Å². The number of amides is 1. The number of nitrogens with zero attached hydrogens (tertiary/aromatic N) is 2. The van der Waals surface area contributed by atoms with Crippen molar-refractivity contribution >= 4 is 39.2 Å². The first-order valence-corrected chi connectivity index (χ1v) is 8.87. The SMILES string of the molecule is CN(CCSc1ccccc1)C(=O)c1ccc2ncsc2c1. The summed E-state index contributed by atoms with van der Waals surface area (Å²) >= 11 is 3.32. The Morgan fingerprint density at radius 2 is 2.05 bits per heavy atom. The van der Waals surface area contributed by atoms with Gasteiger partial charge in [-0.15, -0.1) is 23.1 Å². The van der Waals surface area contributed by atoms with Crippen molar-refractivity contribution in [3.63, 3.8) is 0 Å². The summed E-state index contributed by atoms with van der Waals surface area (Å²) in [7, 11) is 1.85. The molecule has 1 amide bonds. The van der Waals surface area contributed by atoms with Crippen molar-refractivity contribution in [1.29, 1.82) is 0 Å². The molecule has 0 fully saturated rings. The van der Waals surface area contributed by atoms with E-state index < -0.39 is 0 Å². The summed E-state index contributed by atoms with van der Waals surface area (Å²) < 4.78 is 1.05. The fraction of sp³-hybridized carbons (Fsp3) is 0.176. The zero-order valence-corrected chi connectivity index (χ0v) is 13.9. The lowest BCUT2D eigenvalue weighted by Crippen LogP contribution is -2.28. The first-order chi connectivity index (χ1) is 10.7. The Morgan fingerprint density at radius 1 is 1.23 bits per heavy atom. The highest BCUT2D eigenvalue weighted by Crippen LogP contribution is 2.20. The normalized spacial score (nSPS) is 10.8. The summed E-state index contributed by atoms with van der Waals surface area (Å²) in [5, 5.41) is 0. The highest BCUT2D eigenvalue weighted by atomic mass is 32.2. The minimum Gasteiger partial charge on any atom is -0.341 e. The molecule has 1 aromatic heterocycles. The van der Waals surface area contributed by atoms with Crippen molar-refractivity contribution in [2.45, 2.75) is 4.90 Å². The van der Waals surface area contributed by atoms with Gasteiger partial charge in [0.25, 0.3) is 5.91 Å². The number of carbonyl (C=O) groups excluding carboxylic acids is 1. The minimum atomic E-state index is 0.0592. The summed E-state index contributed by atoms with van der Waals surface area (Å²) in [6, 6.07) is 15.9. The summed E-state index contributed by atoms with van der Waals surface area (Å²) in [6.45, 7) is 0.721. The third kappa shape index (κ3) is 3.48. The first kappa shape index (κ1) is 15.1. The molecule has 0 bridgehead atoms. The predicted octanol–water partition coefficient (Wildman–Crippen LogP) is 4.16. The maximum Gasteiger partial charge on any atom is 0.253 e. The van der Waals surface area contributed by atoms with E-state index in [0.29, 0.717) is 0 Å². The van der Waals surface area contributed by atoms with Gasteiger partial charge in [-0.05, 0) is 30.3 Å². The van der Waals surface area contributed by atoms with E-state index >= 15 is 0 Å². The van der Waals surface area contributed by atoms with Crippen molar-refractivity contribution < 1.29 is 4.79 Å². The van der Waals surface area contributed by atoms with Gasteiger partial charge in [-0.1, -0.05) is 18.2 Å². The summed E-state index contributed by atoms with van der Waals surface area (Å²) in [5.41, 5.74) is 3.48. The Balaban J connectivity index is 1.59. The van der Waals surface area contributed by atoms with Gasteiger partial charge < -0.3 is 4.90 Å². The van der Waals surface area contributed by atoms with Crippen LogP contribution >= 0.6 is 23.1 Å². The zero-order valence-electron chi connectivity index (χ0n) is 12.2. The Hall–Kier alpha value is -1.85. The number of thiazole rings is 1. The molecule has 3 aromatic rings. The van der Waals surface area contributed by atoms with Gasteiger partial charge in [-0.2, -0.15) is 0 Å². The lowest BCUT2D eigenvalue weighted by molar-refractivity contribution is 0.0804. The maximum absolute atomic E-state index is 12.5. The summed E-state index contributed by atoms with van der Waals surface area (Å²) in [5.74, 6) is 0.943. The molecular weight excluding hydrogens is 312 g/mol. The predicted molar refractivity (Wildman–Crippen MR) is 93.7 cm³/mol. The van der Waals surface area contributed by atoms with E-state index in [0.717, 1.165) is 28.1 Å². The smallest absolute Gasteiger partial charge is 0.253 e. The molecule has 0 unspecified atom stereocenters. The average Bonchev–Trinajstić information content (AvgIpc) is 3.02. The second-order valence-corrected chi connectivity index (χ2v) is 6.98. The van der Waals surface area contributed by atoms with E-state index in [1.807, 2.05) is 43.4 Å². The van der Waals surface area contributed by atoms with Gasteiger partial charge in [0.1, 0.15) is 0 Å². The number of rotatable bonds is 5. The van der Waals surface area contributed by atoms with Gasteiger partial charge in [0.15, 0.2) is 0 Å². The number of carbonyl (C=O) groups is 1. The lowest BCUT2D eigenvalue weighted by atomic mass is 10.2. The van der Waals surface area contributed by atoms with Gasteiger partial charge in [0, 0.05) is 29.8 Å². The van der Waals surface area contributed by atoms with Gasteiger partial charge in [0.2, 0.25) is 0 Å². The van der Waals surface area contributed by atoms with Crippen LogP contribution in [-0.4, -0.2) is 35.1 Å². The molecule has 22 heavy (non-hydrogen) atoms. The van der Waals surface area contributed by atoms with Crippen LogP contribution < -0.4 is 0 Å².